The quantitative estimate of drug-likeness (QED) is 0.0625. The number of hydrogen-bond donors (Lipinski definition) is 6. The number of aliphatic carboxylic acids is 2. The third-order valence-corrected chi connectivity index (χ3v) is 8.13. The second-order valence-electron chi connectivity index (χ2n) is 14.2. The molecular formula is C38H46ClN5O8. The summed E-state index contributed by atoms with van der Waals surface area (Å²) < 4.78 is 0. The maximum absolute atomic E-state index is 13.8. The summed E-state index contributed by atoms with van der Waals surface area (Å²) >= 11 is 5.94. The van der Waals surface area contributed by atoms with Gasteiger partial charge >= 0.3 is 11.9 Å². The van der Waals surface area contributed by atoms with Crippen LogP contribution < -0.4 is 21.3 Å². The van der Waals surface area contributed by atoms with Crippen LogP contribution in [0.4, 0.5) is 11.4 Å². The van der Waals surface area contributed by atoms with Crippen LogP contribution >= 0.6 is 11.6 Å². The van der Waals surface area contributed by atoms with Crippen molar-refractivity contribution in [2.45, 2.75) is 78.3 Å². The lowest BCUT2D eigenvalue weighted by atomic mass is 9.88. The number of halogens is 1. The third kappa shape index (κ3) is 13.7. The molecule has 0 saturated carbocycles. The van der Waals surface area contributed by atoms with Crippen molar-refractivity contribution in [3.05, 3.63) is 117 Å². The number of carboxylic acids is 2. The van der Waals surface area contributed by atoms with Gasteiger partial charge in [-0.2, -0.15) is 0 Å². The van der Waals surface area contributed by atoms with Gasteiger partial charge in [-0.25, -0.2) is 9.59 Å². The molecule has 52 heavy (non-hydrogen) atoms. The molecule has 6 N–H and O–H groups in total. The fourth-order valence-electron chi connectivity index (χ4n) is 5.51. The number of anilines is 2. The van der Waals surface area contributed by atoms with Crippen LogP contribution in [0.5, 0.6) is 0 Å². The van der Waals surface area contributed by atoms with E-state index in [4.69, 9.17) is 11.6 Å². The zero-order chi connectivity index (χ0) is 38.6. The van der Waals surface area contributed by atoms with Crippen molar-refractivity contribution in [2.24, 2.45) is 11.3 Å². The molecule has 13 nitrogen and oxygen atoms in total. The minimum absolute atomic E-state index is 0.0669. The molecule has 0 fully saturated rings. The van der Waals surface area contributed by atoms with Gasteiger partial charge in [0.2, 0.25) is 11.8 Å². The number of nitro groups is 1. The molecule has 278 valence electrons. The first kappa shape index (κ1) is 41.0. The van der Waals surface area contributed by atoms with Gasteiger partial charge in [-0.3, -0.25) is 19.7 Å². The number of nitrogens with zero attached hydrogens (tertiary/aromatic N) is 1. The van der Waals surface area contributed by atoms with Crippen molar-refractivity contribution in [3.8, 4) is 0 Å². The summed E-state index contributed by atoms with van der Waals surface area (Å²) in [6.07, 6.45) is 1.12. The van der Waals surface area contributed by atoms with Crippen molar-refractivity contribution in [2.75, 3.05) is 10.6 Å². The van der Waals surface area contributed by atoms with Gasteiger partial charge in [-0.1, -0.05) is 82.6 Å². The average molecular weight is 736 g/mol. The molecule has 0 aliphatic carbocycles. The summed E-state index contributed by atoms with van der Waals surface area (Å²) in [5, 5.41) is 43.0. The summed E-state index contributed by atoms with van der Waals surface area (Å²) in [4.78, 5) is 61.5. The van der Waals surface area contributed by atoms with Crippen LogP contribution in [0.15, 0.2) is 84.8 Å². The summed E-state index contributed by atoms with van der Waals surface area (Å²) in [6.45, 7) is 9.49. The summed E-state index contributed by atoms with van der Waals surface area (Å²) in [5.74, 6) is -3.97. The monoisotopic (exact) mass is 735 g/mol. The molecule has 0 radical (unpaired) electrons. The summed E-state index contributed by atoms with van der Waals surface area (Å²) in [7, 11) is 0. The molecule has 0 heterocycles. The third-order valence-electron chi connectivity index (χ3n) is 7.88. The van der Waals surface area contributed by atoms with Gasteiger partial charge < -0.3 is 31.5 Å². The molecule has 0 aliphatic rings. The van der Waals surface area contributed by atoms with Crippen LogP contribution in [-0.4, -0.2) is 51.0 Å². The Hall–Kier alpha value is -5.43. The van der Waals surface area contributed by atoms with E-state index in [9.17, 15) is 39.5 Å². The lowest BCUT2D eigenvalue weighted by Crippen LogP contribution is -2.45. The highest BCUT2D eigenvalue weighted by Crippen LogP contribution is 2.27. The Balaban J connectivity index is 1.79. The first-order valence-electron chi connectivity index (χ1n) is 16.8. The van der Waals surface area contributed by atoms with Gasteiger partial charge in [-0.05, 0) is 70.8 Å². The summed E-state index contributed by atoms with van der Waals surface area (Å²) in [6, 6.07) is 17.5. The minimum Gasteiger partial charge on any atom is -0.480 e. The number of amides is 2. The molecular weight excluding hydrogens is 690 g/mol. The Kier molecular flexibility index (Phi) is 14.7. The minimum atomic E-state index is -1.34. The molecule has 3 rings (SSSR count). The number of hydrogen-bond acceptors (Lipinski definition) is 8. The summed E-state index contributed by atoms with van der Waals surface area (Å²) in [5.41, 5.74) is 2.38. The van der Waals surface area contributed by atoms with Gasteiger partial charge in [0.25, 0.3) is 6.20 Å². The van der Waals surface area contributed by atoms with E-state index in [2.05, 4.69) is 21.3 Å². The van der Waals surface area contributed by atoms with Crippen LogP contribution in [0, 0.1) is 21.4 Å². The van der Waals surface area contributed by atoms with Gasteiger partial charge in [0.05, 0.1) is 10.8 Å². The Bertz CT molecular complexity index is 1750. The van der Waals surface area contributed by atoms with Crippen LogP contribution in [-0.2, 0) is 32.0 Å². The number of nitrogens with one attached hydrogen (secondary N) is 4. The smallest absolute Gasteiger partial charge is 0.326 e. The zero-order valence-corrected chi connectivity index (χ0v) is 30.6. The Morgan fingerprint density at radius 3 is 1.73 bits per heavy atom. The molecule has 2 amide bonds. The lowest BCUT2D eigenvalue weighted by molar-refractivity contribution is -0.403. The van der Waals surface area contributed by atoms with Crippen LogP contribution in [0.3, 0.4) is 0 Å². The molecule has 0 aliphatic heterocycles. The van der Waals surface area contributed by atoms with Gasteiger partial charge in [-0.15, -0.1) is 0 Å². The van der Waals surface area contributed by atoms with E-state index in [0.29, 0.717) is 39.5 Å². The Labute approximate surface area is 308 Å². The molecule has 3 aromatic carbocycles. The van der Waals surface area contributed by atoms with Crippen molar-refractivity contribution < 1.29 is 34.3 Å². The number of carboxylic acid groups (broad SMARTS) is 2. The molecule has 3 unspecified atom stereocenters. The highest BCUT2D eigenvalue weighted by molar-refractivity contribution is 6.30. The Morgan fingerprint density at radius 2 is 1.29 bits per heavy atom. The van der Waals surface area contributed by atoms with E-state index in [1.54, 1.807) is 72.8 Å². The Morgan fingerprint density at radius 1 is 0.808 bits per heavy atom. The van der Waals surface area contributed by atoms with E-state index < -0.39 is 46.7 Å². The van der Waals surface area contributed by atoms with Gasteiger partial charge in [0, 0.05) is 35.7 Å². The molecule has 3 atom stereocenters. The lowest BCUT2D eigenvalue weighted by Gasteiger charge is -2.24. The van der Waals surface area contributed by atoms with Crippen molar-refractivity contribution in [1.29, 1.82) is 0 Å². The molecule has 0 saturated heterocycles. The second kappa shape index (κ2) is 18.7. The van der Waals surface area contributed by atoms with Crippen LogP contribution in [0.1, 0.15) is 70.1 Å². The number of rotatable bonds is 18. The normalized spacial score (nSPS) is 13.4. The average Bonchev–Trinajstić information content (AvgIpc) is 3.04. The maximum atomic E-state index is 13.8. The fraction of sp³-hybridized carbons (Fsp3) is 0.368. The molecule has 3 aromatic rings. The molecule has 14 heteroatoms. The standard InChI is InChI=1S/C38H46ClN5O8/c1-23(2)18-30(24-10-14-28(15-11-24)40-33(22-44(51)52)41-29-16-12-27(39)13-17-29)35(46)43-32(37(49)50)20-26-9-7-6-8-25(26)19-31(36(47)48)42-34(45)21-38(3,4)5/h6-17,22-23,30-32,40-41H,18-21H2,1-5H3,(H,42,45)(H,43,46)(H,47,48)(H,49,50). The predicted octanol–water partition coefficient (Wildman–Crippen LogP) is 6.43. The number of carbonyl (C=O) groups is 4. The van der Waals surface area contributed by atoms with E-state index in [-0.39, 0.29) is 36.4 Å². The van der Waals surface area contributed by atoms with Gasteiger partial charge in [0.1, 0.15) is 12.1 Å². The number of carbonyl (C=O) groups excluding carboxylic acids is 2. The largest absolute Gasteiger partial charge is 0.480 e. The highest BCUT2D eigenvalue weighted by Gasteiger charge is 2.29. The first-order chi connectivity index (χ1) is 24.4. The van der Waals surface area contributed by atoms with Crippen molar-refractivity contribution in [3.63, 3.8) is 0 Å². The number of benzene rings is 3. The van der Waals surface area contributed by atoms with E-state index in [1.807, 2.05) is 34.6 Å². The van der Waals surface area contributed by atoms with Crippen LogP contribution in [0.2, 0.25) is 5.02 Å². The van der Waals surface area contributed by atoms with Crippen molar-refractivity contribution >= 4 is 46.7 Å². The fourth-order valence-corrected chi connectivity index (χ4v) is 5.63. The maximum Gasteiger partial charge on any atom is 0.326 e. The zero-order valence-electron chi connectivity index (χ0n) is 29.8. The predicted molar refractivity (Wildman–Crippen MR) is 199 cm³/mol. The van der Waals surface area contributed by atoms with Crippen LogP contribution in [0.25, 0.3) is 0 Å². The molecule has 0 spiro atoms. The van der Waals surface area contributed by atoms with Crippen molar-refractivity contribution in [1.82, 2.24) is 10.6 Å². The first-order valence-corrected chi connectivity index (χ1v) is 17.1. The van der Waals surface area contributed by atoms with E-state index in [0.717, 1.165) is 6.20 Å². The second-order valence-corrected chi connectivity index (χ2v) is 14.6. The molecule has 0 bridgehead atoms. The van der Waals surface area contributed by atoms with E-state index >= 15 is 0 Å². The van der Waals surface area contributed by atoms with Gasteiger partial charge in [0.15, 0.2) is 5.82 Å². The highest BCUT2D eigenvalue weighted by atomic mass is 35.5. The topological polar surface area (TPSA) is 200 Å². The molecule has 0 aromatic heterocycles. The SMILES string of the molecule is CC(C)CC(C(=O)NC(Cc1ccccc1CC(NC(=O)CC(C)(C)C)C(=O)O)C(=O)O)c1ccc(NC(=C[N+](=O)[O-])Nc2ccc(Cl)cc2)cc1. The van der Waals surface area contributed by atoms with E-state index in [1.165, 1.54) is 0 Å².